The molecule has 0 heterocycles. The third-order valence-electron chi connectivity index (χ3n) is 0.355. The molecule has 0 aromatic carbocycles. The van der Waals surface area contributed by atoms with Gasteiger partial charge < -0.3 is 0 Å². The molecule has 0 aliphatic heterocycles. The van der Waals surface area contributed by atoms with Gasteiger partial charge in [0.05, 0.1) is 15.6 Å². The maximum absolute atomic E-state index is 10.3. The molecule has 0 unspecified atom stereocenters. The van der Waals surface area contributed by atoms with Gasteiger partial charge in [-0.05, 0) is 6.42 Å². The van der Waals surface area contributed by atoms with Crippen LogP contribution in [-0.2, 0) is 14.3 Å². The average Bonchev–Trinajstić information content (AvgIpc) is 1.60. The van der Waals surface area contributed by atoms with Gasteiger partial charge in [-0.15, -0.1) is 0 Å². The predicted molar refractivity (Wildman–Crippen MR) is 31.1 cm³/mol. The Morgan fingerprint density at radius 1 is 1.75 bits per heavy atom. The van der Waals surface area contributed by atoms with E-state index < -0.39 is 16.7 Å². The molecule has 8 heavy (non-hydrogen) atoms. The quantitative estimate of drug-likeness (QED) is 0.532. The van der Waals surface area contributed by atoms with Crippen LogP contribution < -0.4 is 0 Å². The van der Waals surface area contributed by atoms with E-state index in [-0.39, 0.29) is 6.42 Å². The van der Waals surface area contributed by atoms with Crippen molar-refractivity contribution in [2.75, 3.05) is 12.8 Å². The van der Waals surface area contributed by atoms with Gasteiger partial charge >= 0.3 is 0 Å². The van der Waals surface area contributed by atoms with E-state index >= 15 is 0 Å². The van der Waals surface area contributed by atoms with Crippen molar-refractivity contribution in [3.05, 3.63) is 0 Å². The lowest BCUT2D eigenvalue weighted by Crippen LogP contribution is -2.02. The normalized spacial score (nSPS) is 17.2. The predicted octanol–water partition coefficient (Wildman–Crippen LogP) is 0.373. The van der Waals surface area contributed by atoms with Crippen LogP contribution in [0.2, 0.25) is 0 Å². The Kier molecular flexibility index (Phi) is 1.81. The molecule has 0 aromatic rings. The maximum Gasteiger partial charge on any atom is 0.264 e. The van der Waals surface area contributed by atoms with Gasteiger partial charge in [-0.3, -0.25) is 4.18 Å². The lowest BCUT2D eigenvalue weighted by atomic mass is 10.5. The maximum atomic E-state index is 10.3. The summed E-state index contributed by atoms with van der Waals surface area (Å²) < 4.78 is 38.6. The van der Waals surface area contributed by atoms with Crippen LogP contribution in [-0.4, -0.2) is 21.2 Å². The van der Waals surface area contributed by atoms with Crippen LogP contribution in [0.3, 0.4) is 0 Å². The number of rotatable bonds is 3. The lowest BCUT2D eigenvalue weighted by molar-refractivity contribution is 0.322. The second-order valence-electron chi connectivity index (χ2n) is 1.29. The van der Waals surface area contributed by atoms with Gasteiger partial charge in [-0.1, -0.05) is 6.92 Å². The Labute approximate surface area is 52.6 Å². The van der Waals surface area contributed by atoms with Gasteiger partial charge in [0.1, 0.15) is 0 Å². The number of hydrogen-bond acceptors (Lipinski definition) is 3. The van der Waals surface area contributed by atoms with Crippen LogP contribution in [0, 0.1) is 0 Å². The molecular weight excluding hydrogens is 128 g/mol. The molecule has 0 aliphatic carbocycles. The Bertz CT molecular complexity index is 197. The Morgan fingerprint density at radius 3 is 2.38 bits per heavy atom. The molecule has 0 radical (unpaired) electrons. The first-order valence-corrected chi connectivity index (χ1v) is 3.99. The van der Waals surface area contributed by atoms with E-state index in [1.807, 2.05) is 0 Å². The molecule has 0 atom stereocenters. The van der Waals surface area contributed by atoms with E-state index in [1.165, 1.54) is 6.92 Å². The highest BCUT2D eigenvalue weighted by Gasteiger charge is 1.96. The van der Waals surface area contributed by atoms with Crippen molar-refractivity contribution in [1.29, 1.82) is 0 Å². The minimum atomic E-state index is -3.67. The summed E-state index contributed by atoms with van der Waals surface area (Å²) in [4.78, 5) is 0. The lowest BCUT2D eigenvalue weighted by Gasteiger charge is -1.94. The monoisotopic (exact) mass is 140 g/mol. The third-order valence-corrected chi connectivity index (χ3v) is 0.775. The second kappa shape index (κ2) is 3.04. The zero-order valence-corrected chi connectivity index (χ0v) is 5.66. The van der Waals surface area contributed by atoms with Gasteiger partial charge in [0, 0.05) is 0 Å². The summed E-state index contributed by atoms with van der Waals surface area (Å²) >= 11 is 0. The highest BCUT2D eigenvalue weighted by Crippen LogP contribution is 1.86. The van der Waals surface area contributed by atoms with Crippen LogP contribution in [0.1, 0.15) is 16.1 Å². The van der Waals surface area contributed by atoms with Crippen LogP contribution in [0.25, 0.3) is 0 Å². The standard InChI is InChI=1S/C4H10O3S/c1-3-4-7-8(2,5)6/h3-4H2,1-2H3/i4D2. The summed E-state index contributed by atoms with van der Waals surface area (Å²) in [7, 11) is -3.67. The molecule has 4 heteroatoms. The average molecular weight is 140 g/mol. The van der Waals surface area contributed by atoms with E-state index in [4.69, 9.17) is 2.74 Å². The molecule has 50 valence electrons. The van der Waals surface area contributed by atoms with Crippen LogP contribution in [0.5, 0.6) is 0 Å². The third kappa shape index (κ3) is 5.91. The smallest absolute Gasteiger partial charge is 0.264 e. The molecular formula is C4H10O3S. The zero-order chi connectivity index (χ0) is 8.41. The number of hydrogen-bond donors (Lipinski definition) is 0. The minimum Gasteiger partial charge on any atom is -0.270 e. The molecule has 3 nitrogen and oxygen atoms in total. The molecule has 0 fully saturated rings. The van der Waals surface area contributed by atoms with Gasteiger partial charge in [0.25, 0.3) is 10.1 Å². The van der Waals surface area contributed by atoms with Crippen LogP contribution in [0.4, 0.5) is 0 Å². The molecule has 0 saturated carbocycles. The fourth-order valence-corrected chi connectivity index (χ4v) is 0.498. The molecule has 0 bridgehead atoms. The summed E-state index contributed by atoms with van der Waals surface area (Å²) in [6.45, 7) is -0.557. The van der Waals surface area contributed by atoms with Crippen molar-refractivity contribution >= 4 is 10.1 Å². The first-order chi connectivity index (χ1) is 4.27. The fourth-order valence-electron chi connectivity index (χ4n) is 0.166. The Hall–Kier alpha value is -0.0900. The van der Waals surface area contributed by atoms with Crippen molar-refractivity contribution < 1.29 is 15.3 Å². The first-order valence-electron chi connectivity index (χ1n) is 3.17. The van der Waals surface area contributed by atoms with Crippen LogP contribution >= 0.6 is 0 Å². The van der Waals surface area contributed by atoms with E-state index in [2.05, 4.69) is 4.18 Å². The molecule has 0 saturated heterocycles. The van der Waals surface area contributed by atoms with Crippen molar-refractivity contribution in [1.82, 2.24) is 0 Å². The topological polar surface area (TPSA) is 43.4 Å². The largest absolute Gasteiger partial charge is 0.270 e. The Morgan fingerprint density at radius 2 is 2.25 bits per heavy atom. The zero-order valence-electron chi connectivity index (χ0n) is 6.84. The first kappa shape index (κ1) is 4.76. The van der Waals surface area contributed by atoms with Crippen molar-refractivity contribution in [2.45, 2.75) is 13.3 Å². The van der Waals surface area contributed by atoms with Crippen molar-refractivity contribution in [3.63, 3.8) is 0 Å². The summed E-state index contributed by atoms with van der Waals surface area (Å²) in [5.41, 5.74) is 0. The van der Waals surface area contributed by atoms with E-state index in [1.54, 1.807) is 0 Å². The summed E-state index contributed by atoms with van der Waals surface area (Å²) in [6, 6.07) is 0. The molecule has 0 aromatic heterocycles. The van der Waals surface area contributed by atoms with Crippen molar-refractivity contribution in [2.24, 2.45) is 0 Å². The summed E-state index contributed by atoms with van der Waals surface area (Å²) in [6.07, 6.45) is 0.834. The van der Waals surface area contributed by atoms with E-state index in [0.29, 0.717) is 0 Å². The molecule has 0 rings (SSSR count). The highest BCUT2D eigenvalue weighted by molar-refractivity contribution is 7.85. The van der Waals surface area contributed by atoms with E-state index in [0.717, 1.165) is 6.26 Å². The molecule has 0 N–H and O–H groups in total. The molecule has 0 spiro atoms. The molecule has 0 aliphatic rings. The Balaban J connectivity index is 4.16. The van der Waals surface area contributed by atoms with Crippen molar-refractivity contribution in [3.8, 4) is 0 Å². The van der Waals surface area contributed by atoms with Crippen LogP contribution in [0.15, 0.2) is 0 Å². The summed E-state index contributed by atoms with van der Waals surface area (Å²) in [5.74, 6) is 0. The van der Waals surface area contributed by atoms with Gasteiger partial charge in [-0.2, -0.15) is 8.42 Å². The van der Waals surface area contributed by atoms with Gasteiger partial charge in [-0.25, -0.2) is 0 Å². The SMILES string of the molecule is [2H]C([2H])(CC)OS(C)(=O)=O. The summed E-state index contributed by atoms with van der Waals surface area (Å²) in [5, 5.41) is 0. The highest BCUT2D eigenvalue weighted by atomic mass is 32.2. The molecule has 0 amide bonds. The van der Waals surface area contributed by atoms with E-state index in [9.17, 15) is 8.42 Å². The van der Waals surface area contributed by atoms with Gasteiger partial charge in [0.2, 0.25) is 0 Å². The second-order valence-corrected chi connectivity index (χ2v) is 2.86. The van der Waals surface area contributed by atoms with Gasteiger partial charge in [0.15, 0.2) is 0 Å². The fraction of sp³-hybridized carbons (Fsp3) is 1.00. The minimum absolute atomic E-state index is 0.0140.